The van der Waals surface area contributed by atoms with Gasteiger partial charge in [0.1, 0.15) is 12.1 Å². The van der Waals surface area contributed by atoms with Crippen LogP contribution in [0.3, 0.4) is 0 Å². The molecule has 0 spiro atoms. The monoisotopic (exact) mass is 321 g/mol. The van der Waals surface area contributed by atoms with E-state index in [0.29, 0.717) is 17.2 Å². The molecule has 0 aliphatic heterocycles. The summed E-state index contributed by atoms with van der Waals surface area (Å²) in [5, 5.41) is 7.22. The van der Waals surface area contributed by atoms with Crippen LogP contribution in [-0.4, -0.2) is 25.7 Å². The number of aryl methyl sites for hydroxylation is 4. The van der Waals surface area contributed by atoms with Crippen molar-refractivity contribution in [3.05, 3.63) is 64.7 Å². The first-order valence-electron chi connectivity index (χ1n) is 7.68. The highest BCUT2D eigenvalue weighted by atomic mass is 16.1. The number of carbonyl (C=O) groups excluding carboxylic acids is 1. The van der Waals surface area contributed by atoms with Crippen LogP contribution in [0.5, 0.6) is 0 Å². The molecule has 1 aromatic carbocycles. The average molecular weight is 321 g/mol. The van der Waals surface area contributed by atoms with Crippen molar-refractivity contribution < 1.29 is 4.79 Å². The SMILES string of the molecule is Cc1ccc(C(=O)Nc2cc(-n3nc(C)cc3C)ncn2)c(C)c1. The molecular weight excluding hydrogens is 302 g/mol. The molecule has 3 aromatic rings. The molecule has 0 aliphatic rings. The lowest BCUT2D eigenvalue weighted by atomic mass is 10.1. The molecule has 0 bridgehead atoms. The summed E-state index contributed by atoms with van der Waals surface area (Å²) in [5.41, 5.74) is 4.56. The molecule has 1 N–H and O–H groups in total. The number of nitrogens with zero attached hydrogens (tertiary/aromatic N) is 4. The summed E-state index contributed by atoms with van der Waals surface area (Å²) in [6, 6.07) is 9.40. The lowest BCUT2D eigenvalue weighted by Crippen LogP contribution is -2.15. The van der Waals surface area contributed by atoms with E-state index in [-0.39, 0.29) is 5.91 Å². The Labute approximate surface area is 140 Å². The molecule has 0 saturated heterocycles. The number of aromatic nitrogens is 4. The van der Waals surface area contributed by atoms with E-state index in [1.807, 2.05) is 52.0 Å². The van der Waals surface area contributed by atoms with E-state index in [2.05, 4.69) is 20.4 Å². The van der Waals surface area contributed by atoms with Gasteiger partial charge in [-0.25, -0.2) is 14.6 Å². The molecule has 0 aliphatic carbocycles. The fourth-order valence-electron chi connectivity index (χ4n) is 2.64. The van der Waals surface area contributed by atoms with E-state index in [1.165, 1.54) is 6.33 Å². The van der Waals surface area contributed by atoms with Crippen LogP contribution in [0.2, 0.25) is 0 Å². The second-order valence-electron chi connectivity index (χ2n) is 5.87. The van der Waals surface area contributed by atoms with Gasteiger partial charge >= 0.3 is 0 Å². The van der Waals surface area contributed by atoms with Crippen molar-refractivity contribution >= 4 is 11.7 Å². The largest absolute Gasteiger partial charge is 0.306 e. The zero-order valence-electron chi connectivity index (χ0n) is 14.2. The topological polar surface area (TPSA) is 72.7 Å². The predicted octanol–water partition coefficient (Wildman–Crippen LogP) is 3.15. The Bertz CT molecular complexity index is 914. The van der Waals surface area contributed by atoms with Gasteiger partial charge in [-0.1, -0.05) is 17.7 Å². The summed E-state index contributed by atoms with van der Waals surface area (Å²) in [5.74, 6) is 0.870. The first-order chi connectivity index (χ1) is 11.4. The molecule has 3 rings (SSSR count). The van der Waals surface area contributed by atoms with Crippen molar-refractivity contribution in [3.63, 3.8) is 0 Å². The summed E-state index contributed by atoms with van der Waals surface area (Å²) < 4.78 is 1.73. The van der Waals surface area contributed by atoms with E-state index in [1.54, 1.807) is 10.7 Å². The summed E-state index contributed by atoms with van der Waals surface area (Å²) in [4.78, 5) is 20.8. The van der Waals surface area contributed by atoms with Gasteiger partial charge in [-0.15, -0.1) is 0 Å². The molecule has 0 unspecified atom stereocenters. The minimum atomic E-state index is -0.189. The van der Waals surface area contributed by atoms with Crippen molar-refractivity contribution in [1.29, 1.82) is 0 Å². The normalized spacial score (nSPS) is 10.7. The lowest BCUT2D eigenvalue weighted by molar-refractivity contribution is 0.102. The third-order valence-electron chi connectivity index (χ3n) is 3.75. The number of hydrogen-bond donors (Lipinski definition) is 1. The zero-order valence-corrected chi connectivity index (χ0v) is 14.2. The van der Waals surface area contributed by atoms with E-state index >= 15 is 0 Å². The van der Waals surface area contributed by atoms with E-state index in [9.17, 15) is 4.79 Å². The summed E-state index contributed by atoms with van der Waals surface area (Å²) in [6.45, 7) is 7.80. The van der Waals surface area contributed by atoms with Crippen molar-refractivity contribution in [3.8, 4) is 5.82 Å². The minimum absolute atomic E-state index is 0.189. The minimum Gasteiger partial charge on any atom is -0.306 e. The van der Waals surface area contributed by atoms with Gasteiger partial charge in [0.25, 0.3) is 5.91 Å². The van der Waals surface area contributed by atoms with Crippen LogP contribution < -0.4 is 5.32 Å². The number of carbonyl (C=O) groups is 1. The summed E-state index contributed by atoms with van der Waals surface area (Å²) >= 11 is 0. The van der Waals surface area contributed by atoms with Crippen molar-refractivity contribution in [2.24, 2.45) is 0 Å². The molecule has 0 fully saturated rings. The second-order valence-corrected chi connectivity index (χ2v) is 5.87. The number of hydrogen-bond acceptors (Lipinski definition) is 4. The van der Waals surface area contributed by atoms with Crippen LogP contribution in [0.15, 0.2) is 36.7 Å². The zero-order chi connectivity index (χ0) is 17.3. The Kier molecular flexibility index (Phi) is 4.12. The van der Waals surface area contributed by atoms with Crippen LogP contribution in [0.1, 0.15) is 32.9 Å². The third kappa shape index (κ3) is 3.17. The molecular formula is C18H19N5O. The Hall–Kier alpha value is -3.02. The van der Waals surface area contributed by atoms with Gasteiger partial charge in [-0.3, -0.25) is 4.79 Å². The average Bonchev–Trinajstić information content (AvgIpc) is 2.86. The highest BCUT2D eigenvalue weighted by Gasteiger charge is 2.12. The Morgan fingerprint density at radius 2 is 1.83 bits per heavy atom. The van der Waals surface area contributed by atoms with Crippen LogP contribution in [0.4, 0.5) is 5.82 Å². The molecule has 1 amide bonds. The molecule has 6 heteroatoms. The number of nitrogens with one attached hydrogen (secondary N) is 1. The molecule has 2 heterocycles. The van der Waals surface area contributed by atoms with Crippen LogP contribution in [0, 0.1) is 27.7 Å². The first-order valence-corrected chi connectivity index (χ1v) is 7.68. The number of rotatable bonds is 3. The molecule has 0 radical (unpaired) electrons. The molecule has 0 saturated carbocycles. The van der Waals surface area contributed by atoms with Crippen LogP contribution >= 0.6 is 0 Å². The molecule has 0 atom stereocenters. The van der Waals surface area contributed by atoms with Gasteiger partial charge in [0.15, 0.2) is 5.82 Å². The van der Waals surface area contributed by atoms with Gasteiger partial charge in [-0.2, -0.15) is 5.10 Å². The first kappa shape index (κ1) is 15.9. The van der Waals surface area contributed by atoms with Crippen molar-refractivity contribution in [1.82, 2.24) is 19.7 Å². The van der Waals surface area contributed by atoms with Crippen LogP contribution in [-0.2, 0) is 0 Å². The maximum atomic E-state index is 12.5. The number of benzene rings is 1. The second kappa shape index (κ2) is 6.23. The fourth-order valence-corrected chi connectivity index (χ4v) is 2.64. The Balaban J connectivity index is 1.87. The molecule has 24 heavy (non-hydrogen) atoms. The molecule has 6 nitrogen and oxygen atoms in total. The number of anilines is 1. The summed E-state index contributed by atoms with van der Waals surface area (Å²) in [6.07, 6.45) is 1.42. The maximum Gasteiger partial charge on any atom is 0.257 e. The van der Waals surface area contributed by atoms with Gasteiger partial charge in [0, 0.05) is 17.3 Å². The smallest absolute Gasteiger partial charge is 0.257 e. The van der Waals surface area contributed by atoms with Gasteiger partial charge in [-0.05, 0) is 45.4 Å². The lowest BCUT2D eigenvalue weighted by Gasteiger charge is -2.09. The van der Waals surface area contributed by atoms with Gasteiger partial charge in [0.2, 0.25) is 0 Å². The maximum absolute atomic E-state index is 12.5. The Morgan fingerprint density at radius 3 is 2.50 bits per heavy atom. The van der Waals surface area contributed by atoms with Gasteiger partial charge < -0.3 is 5.32 Å². The van der Waals surface area contributed by atoms with Crippen molar-refractivity contribution in [2.75, 3.05) is 5.32 Å². The quantitative estimate of drug-likeness (QED) is 0.804. The van der Waals surface area contributed by atoms with Gasteiger partial charge in [0.05, 0.1) is 5.69 Å². The van der Waals surface area contributed by atoms with E-state index in [4.69, 9.17) is 0 Å². The van der Waals surface area contributed by atoms with E-state index in [0.717, 1.165) is 22.5 Å². The highest BCUT2D eigenvalue weighted by molar-refractivity contribution is 6.04. The standard InChI is InChI=1S/C18H19N5O/c1-11-5-6-15(12(2)7-11)18(24)21-16-9-17(20-10-19-16)23-14(4)8-13(3)22-23/h5-10H,1-4H3,(H,19,20,21,24). The Morgan fingerprint density at radius 1 is 1.04 bits per heavy atom. The predicted molar refractivity (Wildman–Crippen MR) is 92.5 cm³/mol. The summed E-state index contributed by atoms with van der Waals surface area (Å²) in [7, 11) is 0. The van der Waals surface area contributed by atoms with Crippen LogP contribution in [0.25, 0.3) is 5.82 Å². The third-order valence-corrected chi connectivity index (χ3v) is 3.75. The fraction of sp³-hybridized carbons (Fsp3) is 0.222. The van der Waals surface area contributed by atoms with Crippen molar-refractivity contribution in [2.45, 2.75) is 27.7 Å². The highest BCUT2D eigenvalue weighted by Crippen LogP contribution is 2.15. The molecule has 122 valence electrons. The number of amides is 1. The van der Waals surface area contributed by atoms with E-state index < -0.39 is 0 Å². The molecule has 2 aromatic heterocycles.